The number of carbonyl (C=O) groups is 1. The summed E-state index contributed by atoms with van der Waals surface area (Å²) in [4.78, 5) is 13.3. The molecule has 0 aliphatic carbocycles. The van der Waals surface area contributed by atoms with Crippen molar-refractivity contribution in [2.24, 2.45) is 5.92 Å². The number of carboxylic acids is 1. The predicted molar refractivity (Wildman–Crippen MR) is 72.3 cm³/mol. The molecule has 1 aliphatic rings. The Morgan fingerprint density at radius 3 is 3.05 bits per heavy atom. The van der Waals surface area contributed by atoms with Crippen molar-refractivity contribution in [2.75, 3.05) is 26.7 Å². The van der Waals surface area contributed by atoms with Crippen molar-refractivity contribution in [3.63, 3.8) is 0 Å². The highest BCUT2D eigenvalue weighted by molar-refractivity contribution is 5.86. The monoisotopic (exact) mass is 266 g/mol. The lowest BCUT2D eigenvalue weighted by Gasteiger charge is -2.31. The van der Waals surface area contributed by atoms with Crippen LogP contribution >= 0.6 is 0 Å². The number of aromatic carboxylic acids is 1. The van der Waals surface area contributed by atoms with Crippen molar-refractivity contribution < 1.29 is 14.3 Å². The molecule has 5 nitrogen and oxygen atoms in total. The highest BCUT2D eigenvalue weighted by Gasteiger charge is 2.21. The first-order chi connectivity index (χ1) is 9.10. The Morgan fingerprint density at radius 1 is 1.63 bits per heavy atom. The van der Waals surface area contributed by atoms with Crippen LogP contribution in [0.4, 0.5) is 0 Å². The summed E-state index contributed by atoms with van der Waals surface area (Å²) in [6.45, 7) is 5.62. The molecule has 0 radical (unpaired) electrons. The van der Waals surface area contributed by atoms with Gasteiger partial charge in [-0.15, -0.1) is 0 Å². The standard InChI is InChI=1S/C14H22N2O3/c1-10-6-12(19-13(10)14(17)18)9-16-5-3-4-11(8-16)7-15-2/h6,11,15H,3-5,7-9H2,1-2H3,(H,17,18). The minimum atomic E-state index is -0.990. The van der Waals surface area contributed by atoms with E-state index in [1.807, 2.05) is 13.1 Å². The second kappa shape index (κ2) is 6.21. The molecule has 1 aliphatic heterocycles. The number of carboxylic acid groups (broad SMARTS) is 1. The first-order valence-corrected chi connectivity index (χ1v) is 6.79. The van der Waals surface area contributed by atoms with Crippen LogP contribution in [0.2, 0.25) is 0 Å². The van der Waals surface area contributed by atoms with E-state index in [1.54, 1.807) is 6.92 Å². The van der Waals surface area contributed by atoms with Crippen LogP contribution in [0.25, 0.3) is 0 Å². The quantitative estimate of drug-likeness (QED) is 0.849. The maximum atomic E-state index is 10.9. The molecule has 1 fully saturated rings. The summed E-state index contributed by atoms with van der Waals surface area (Å²) in [6.07, 6.45) is 2.45. The number of nitrogens with zero attached hydrogens (tertiary/aromatic N) is 1. The fraction of sp³-hybridized carbons (Fsp3) is 0.643. The molecule has 0 spiro atoms. The molecule has 1 aromatic rings. The number of nitrogens with one attached hydrogen (secondary N) is 1. The summed E-state index contributed by atoms with van der Waals surface area (Å²) < 4.78 is 5.42. The number of hydrogen-bond donors (Lipinski definition) is 2. The van der Waals surface area contributed by atoms with Gasteiger partial charge in [0.2, 0.25) is 5.76 Å². The summed E-state index contributed by atoms with van der Waals surface area (Å²) in [5.74, 6) is 0.503. The Kier molecular flexibility index (Phi) is 4.61. The van der Waals surface area contributed by atoms with Gasteiger partial charge in [-0.1, -0.05) is 0 Å². The molecule has 1 aromatic heterocycles. The Balaban J connectivity index is 1.97. The normalized spacial score (nSPS) is 20.6. The number of hydrogen-bond acceptors (Lipinski definition) is 4. The number of rotatable bonds is 5. The number of furan rings is 1. The highest BCUT2D eigenvalue weighted by atomic mass is 16.4. The third kappa shape index (κ3) is 3.58. The smallest absolute Gasteiger partial charge is 0.372 e. The molecule has 5 heteroatoms. The van der Waals surface area contributed by atoms with E-state index < -0.39 is 5.97 Å². The lowest BCUT2D eigenvalue weighted by molar-refractivity contribution is 0.0655. The van der Waals surface area contributed by atoms with Gasteiger partial charge in [0.1, 0.15) is 5.76 Å². The summed E-state index contributed by atoms with van der Waals surface area (Å²) in [5.41, 5.74) is 0.700. The lowest BCUT2D eigenvalue weighted by Crippen LogP contribution is -2.38. The predicted octanol–water partition coefficient (Wildman–Crippen LogP) is 1.72. The molecule has 0 bridgehead atoms. The van der Waals surface area contributed by atoms with E-state index in [4.69, 9.17) is 9.52 Å². The second-order valence-corrected chi connectivity index (χ2v) is 5.33. The molecule has 19 heavy (non-hydrogen) atoms. The van der Waals surface area contributed by atoms with Crippen molar-refractivity contribution in [3.05, 3.63) is 23.2 Å². The van der Waals surface area contributed by atoms with Crippen LogP contribution in [0.5, 0.6) is 0 Å². The van der Waals surface area contributed by atoms with Crippen LogP contribution < -0.4 is 5.32 Å². The van der Waals surface area contributed by atoms with E-state index in [9.17, 15) is 4.79 Å². The van der Waals surface area contributed by atoms with Gasteiger partial charge < -0.3 is 14.8 Å². The summed E-state index contributed by atoms with van der Waals surface area (Å²) in [5, 5.41) is 12.2. The Labute approximate surface area is 113 Å². The molecule has 1 atom stereocenters. The van der Waals surface area contributed by atoms with Crippen molar-refractivity contribution >= 4 is 5.97 Å². The molecule has 2 N–H and O–H groups in total. The molecule has 2 heterocycles. The van der Waals surface area contributed by atoms with Gasteiger partial charge in [-0.3, -0.25) is 4.90 Å². The SMILES string of the molecule is CNCC1CCCN(Cc2cc(C)c(C(=O)O)o2)C1. The van der Waals surface area contributed by atoms with E-state index in [0.717, 1.165) is 25.4 Å². The van der Waals surface area contributed by atoms with E-state index >= 15 is 0 Å². The second-order valence-electron chi connectivity index (χ2n) is 5.33. The number of piperidine rings is 1. The van der Waals surface area contributed by atoms with Gasteiger partial charge in [-0.2, -0.15) is 0 Å². The fourth-order valence-corrected chi connectivity index (χ4v) is 2.81. The fourth-order valence-electron chi connectivity index (χ4n) is 2.81. The first kappa shape index (κ1) is 14.1. The molecule has 0 amide bonds. The van der Waals surface area contributed by atoms with Crippen molar-refractivity contribution in [2.45, 2.75) is 26.3 Å². The van der Waals surface area contributed by atoms with Gasteiger partial charge in [-0.25, -0.2) is 4.79 Å². The van der Waals surface area contributed by atoms with Crippen LogP contribution in [0.15, 0.2) is 10.5 Å². The third-order valence-corrected chi connectivity index (χ3v) is 3.64. The van der Waals surface area contributed by atoms with Gasteiger partial charge in [0.05, 0.1) is 6.54 Å². The van der Waals surface area contributed by atoms with Crippen LogP contribution in [0.3, 0.4) is 0 Å². The Bertz CT molecular complexity index is 440. The van der Waals surface area contributed by atoms with Gasteiger partial charge in [0.15, 0.2) is 0 Å². The average molecular weight is 266 g/mol. The molecule has 1 saturated heterocycles. The van der Waals surface area contributed by atoms with E-state index in [-0.39, 0.29) is 5.76 Å². The van der Waals surface area contributed by atoms with Crippen LogP contribution in [-0.2, 0) is 6.54 Å². The van der Waals surface area contributed by atoms with Gasteiger partial charge in [0, 0.05) is 12.1 Å². The van der Waals surface area contributed by atoms with E-state index in [1.165, 1.54) is 12.8 Å². The zero-order chi connectivity index (χ0) is 13.8. The Hall–Kier alpha value is -1.33. The van der Waals surface area contributed by atoms with Gasteiger partial charge >= 0.3 is 5.97 Å². The molecule has 2 rings (SSSR count). The first-order valence-electron chi connectivity index (χ1n) is 6.79. The lowest BCUT2D eigenvalue weighted by atomic mass is 9.98. The topological polar surface area (TPSA) is 65.7 Å². The number of likely N-dealkylation sites (tertiary alicyclic amines) is 1. The molecular formula is C14H22N2O3. The van der Waals surface area contributed by atoms with Crippen molar-refractivity contribution in [1.29, 1.82) is 0 Å². The molecule has 106 valence electrons. The minimum Gasteiger partial charge on any atom is -0.475 e. The van der Waals surface area contributed by atoms with Crippen LogP contribution in [0, 0.1) is 12.8 Å². The third-order valence-electron chi connectivity index (χ3n) is 3.64. The maximum Gasteiger partial charge on any atom is 0.372 e. The van der Waals surface area contributed by atoms with Crippen LogP contribution in [0.1, 0.15) is 34.7 Å². The molecule has 0 saturated carbocycles. The van der Waals surface area contributed by atoms with Crippen molar-refractivity contribution in [3.8, 4) is 0 Å². The maximum absolute atomic E-state index is 10.9. The van der Waals surface area contributed by atoms with Gasteiger partial charge in [0.25, 0.3) is 0 Å². The zero-order valence-electron chi connectivity index (χ0n) is 11.6. The van der Waals surface area contributed by atoms with Crippen LogP contribution in [-0.4, -0.2) is 42.7 Å². The largest absolute Gasteiger partial charge is 0.475 e. The zero-order valence-corrected chi connectivity index (χ0v) is 11.6. The van der Waals surface area contributed by atoms with Crippen molar-refractivity contribution in [1.82, 2.24) is 10.2 Å². The summed E-state index contributed by atoms with van der Waals surface area (Å²) >= 11 is 0. The van der Waals surface area contributed by atoms with E-state index in [2.05, 4.69) is 10.2 Å². The minimum absolute atomic E-state index is 0.0683. The molecule has 0 aromatic carbocycles. The summed E-state index contributed by atoms with van der Waals surface area (Å²) in [7, 11) is 1.98. The average Bonchev–Trinajstić information content (AvgIpc) is 2.71. The highest BCUT2D eigenvalue weighted by Crippen LogP contribution is 2.21. The molecule has 1 unspecified atom stereocenters. The summed E-state index contributed by atoms with van der Waals surface area (Å²) in [6, 6.07) is 1.84. The van der Waals surface area contributed by atoms with E-state index in [0.29, 0.717) is 18.0 Å². The Morgan fingerprint density at radius 2 is 2.42 bits per heavy atom. The van der Waals surface area contributed by atoms with Gasteiger partial charge in [-0.05, 0) is 51.9 Å². The number of aryl methyl sites for hydroxylation is 1. The molecular weight excluding hydrogens is 244 g/mol.